The van der Waals surface area contributed by atoms with E-state index in [9.17, 15) is 14.4 Å². The number of methoxy groups -OCH3 is 1. The van der Waals surface area contributed by atoms with Gasteiger partial charge in [-0.05, 0) is 50.3 Å². The van der Waals surface area contributed by atoms with Crippen LogP contribution in [0.3, 0.4) is 0 Å². The molecule has 0 unspecified atom stereocenters. The summed E-state index contributed by atoms with van der Waals surface area (Å²) in [5.41, 5.74) is 0.484. The molecule has 214 valence electrons. The van der Waals surface area contributed by atoms with Crippen molar-refractivity contribution >= 4 is 17.8 Å². The molecule has 1 aliphatic rings. The fourth-order valence-corrected chi connectivity index (χ4v) is 3.90. The number of carbonyl (C=O) groups excluding carboxylic acids is 3. The van der Waals surface area contributed by atoms with E-state index in [0.717, 1.165) is 18.4 Å². The molecule has 0 aromatic carbocycles. The molecule has 1 heterocycles. The van der Waals surface area contributed by atoms with Crippen molar-refractivity contribution in [3.63, 3.8) is 0 Å². The van der Waals surface area contributed by atoms with Gasteiger partial charge in [0.2, 0.25) is 11.8 Å². The fraction of sp³-hybridized carbons (Fsp3) is 0.469. The highest BCUT2D eigenvalue weighted by Gasteiger charge is 2.32. The third-order valence-electron chi connectivity index (χ3n) is 6.25. The highest BCUT2D eigenvalue weighted by Crippen LogP contribution is 2.23. The van der Waals surface area contributed by atoms with Crippen LogP contribution in [-0.4, -0.2) is 37.0 Å². The number of allylic oxidation sites excluding steroid dienone is 8. The monoisotopic (exact) mass is 538 g/mol. The Hall–Kier alpha value is -3.61. The van der Waals surface area contributed by atoms with Crippen LogP contribution in [0, 0.1) is 17.3 Å². The highest BCUT2D eigenvalue weighted by molar-refractivity contribution is 5.93. The van der Waals surface area contributed by atoms with E-state index in [0.29, 0.717) is 12.3 Å². The summed E-state index contributed by atoms with van der Waals surface area (Å²) in [7, 11) is 1.45. The Morgan fingerprint density at radius 3 is 2.46 bits per heavy atom. The first kappa shape index (κ1) is 33.4. The molecule has 2 N–H and O–H groups in total. The van der Waals surface area contributed by atoms with Gasteiger partial charge in [0.25, 0.3) is 0 Å². The van der Waals surface area contributed by atoms with Gasteiger partial charge >= 0.3 is 5.97 Å². The predicted molar refractivity (Wildman–Crippen MR) is 157 cm³/mol. The SMILES string of the molecule is C=C[C@@H](C/C=C\C)C/C=C\NC(=O)[C@@H](NC(=O)\C=C/C=C\C(C)=C\[C@H](C)[C@@H]1CC=C(OC)C(=O)O1)C(C)(C)C. The Labute approximate surface area is 234 Å². The van der Waals surface area contributed by atoms with Gasteiger partial charge < -0.3 is 20.1 Å². The van der Waals surface area contributed by atoms with Crippen molar-refractivity contribution < 1.29 is 23.9 Å². The molecule has 7 heteroatoms. The van der Waals surface area contributed by atoms with Crippen LogP contribution in [0.1, 0.15) is 60.8 Å². The largest absolute Gasteiger partial charge is 0.490 e. The predicted octanol–water partition coefficient (Wildman–Crippen LogP) is 5.85. The fourth-order valence-electron chi connectivity index (χ4n) is 3.90. The Morgan fingerprint density at radius 2 is 1.87 bits per heavy atom. The Kier molecular flexibility index (Phi) is 14.6. The van der Waals surface area contributed by atoms with E-state index in [1.807, 2.05) is 71.9 Å². The summed E-state index contributed by atoms with van der Waals surface area (Å²) in [5.74, 6) is -0.530. The Morgan fingerprint density at radius 1 is 1.21 bits per heavy atom. The molecule has 0 radical (unpaired) electrons. The normalized spacial score (nSPS) is 19.2. The number of carbonyl (C=O) groups is 3. The molecule has 2 amide bonds. The molecule has 7 nitrogen and oxygen atoms in total. The van der Waals surface area contributed by atoms with Crippen molar-refractivity contribution in [2.45, 2.75) is 73.0 Å². The van der Waals surface area contributed by atoms with Gasteiger partial charge in [0.05, 0.1) is 7.11 Å². The summed E-state index contributed by atoms with van der Waals surface area (Å²) < 4.78 is 10.4. The lowest BCUT2D eigenvalue weighted by molar-refractivity contribution is -0.151. The summed E-state index contributed by atoms with van der Waals surface area (Å²) >= 11 is 0. The molecule has 39 heavy (non-hydrogen) atoms. The van der Waals surface area contributed by atoms with Crippen LogP contribution in [0.2, 0.25) is 0 Å². The van der Waals surface area contributed by atoms with E-state index in [1.165, 1.54) is 13.2 Å². The van der Waals surface area contributed by atoms with Crippen molar-refractivity contribution in [2.75, 3.05) is 7.11 Å². The molecule has 1 aliphatic heterocycles. The molecule has 0 spiro atoms. The first-order chi connectivity index (χ1) is 18.4. The maximum atomic E-state index is 12.8. The van der Waals surface area contributed by atoms with Crippen LogP contribution in [-0.2, 0) is 23.9 Å². The van der Waals surface area contributed by atoms with Gasteiger partial charge in [-0.15, -0.1) is 6.58 Å². The Balaban J connectivity index is 2.66. The standard InChI is InChI=1S/C32H46N2O5/c1-9-11-16-25(10-2)17-14-21-33-30(36)29(32(5,6)7)34-28(35)18-13-12-15-23(3)22-24(4)26-19-20-27(38-8)31(37)39-26/h9-15,18,20-22,24-26,29H,2,16-17,19H2,1,3-8H3,(H,33,36)(H,34,35)/b11-9-,15-12-,18-13-,21-14-,23-22+/t24-,25-,26-,29+/m0/s1. The third kappa shape index (κ3) is 12.7. The summed E-state index contributed by atoms with van der Waals surface area (Å²) in [5, 5.41) is 5.60. The van der Waals surface area contributed by atoms with E-state index < -0.39 is 17.4 Å². The number of hydrogen-bond donors (Lipinski definition) is 2. The number of cyclic esters (lactones) is 1. The van der Waals surface area contributed by atoms with E-state index >= 15 is 0 Å². The summed E-state index contributed by atoms with van der Waals surface area (Å²) in [6.07, 6.45) is 22.0. The molecular formula is C32H46N2O5. The molecule has 0 aliphatic carbocycles. The number of nitrogens with one attached hydrogen (secondary N) is 2. The first-order valence-corrected chi connectivity index (χ1v) is 13.4. The van der Waals surface area contributed by atoms with Crippen LogP contribution in [0.5, 0.6) is 0 Å². The quantitative estimate of drug-likeness (QED) is 0.125. The minimum absolute atomic E-state index is 0.0106. The molecule has 0 saturated carbocycles. The molecule has 1 rings (SSSR count). The second-order valence-electron chi connectivity index (χ2n) is 10.7. The number of ether oxygens (including phenoxy) is 2. The molecule has 0 fully saturated rings. The summed E-state index contributed by atoms with van der Waals surface area (Å²) in [6.45, 7) is 15.5. The smallest absolute Gasteiger partial charge is 0.373 e. The zero-order valence-corrected chi connectivity index (χ0v) is 24.5. The molecule has 4 atom stereocenters. The third-order valence-corrected chi connectivity index (χ3v) is 6.25. The van der Waals surface area contributed by atoms with Crippen molar-refractivity contribution in [1.82, 2.24) is 10.6 Å². The van der Waals surface area contributed by atoms with Gasteiger partial charge in [-0.25, -0.2) is 4.79 Å². The summed E-state index contributed by atoms with van der Waals surface area (Å²) in [4.78, 5) is 37.3. The number of esters is 1. The number of amides is 2. The average Bonchev–Trinajstić information content (AvgIpc) is 2.88. The second kappa shape index (κ2) is 17.1. The first-order valence-electron chi connectivity index (χ1n) is 13.4. The zero-order chi connectivity index (χ0) is 29.4. The number of hydrogen-bond acceptors (Lipinski definition) is 5. The molecular weight excluding hydrogens is 492 g/mol. The van der Waals surface area contributed by atoms with Crippen LogP contribution in [0.4, 0.5) is 0 Å². The lowest BCUT2D eigenvalue weighted by Crippen LogP contribution is -2.52. The van der Waals surface area contributed by atoms with E-state index in [2.05, 4.69) is 23.3 Å². The minimum atomic E-state index is -0.713. The molecule has 0 saturated heterocycles. The molecule has 0 aromatic heterocycles. The van der Waals surface area contributed by atoms with Crippen LogP contribution < -0.4 is 10.6 Å². The van der Waals surface area contributed by atoms with Crippen molar-refractivity contribution in [3.05, 3.63) is 84.9 Å². The number of rotatable bonds is 14. The van der Waals surface area contributed by atoms with E-state index in [4.69, 9.17) is 9.47 Å². The van der Waals surface area contributed by atoms with Gasteiger partial charge in [0, 0.05) is 18.4 Å². The lowest BCUT2D eigenvalue weighted by Gasteiger charge is -2.29. The van der Waals surface area contributed by atoms with Gasteiger partial charge in [0.1, 0.15) is 12.1 Å². The van der Waals surface area contributed by atoms with Gasteiger partial charge in [-0.3, -0.25) is 9.59 Å². The summed E-state index contributed by atoms with van der Waals surface area (Å²) in [6, 6.07) is -0.713. The van der Waals surface area contributed by atoms with E-state index in [1.54, 1.807) is 24.4 Å². The molecule has 0 bridgehead atoms. The Bertz CT molecular complexity index is 1020. The highest BCUT2D eigenvalue weighted by atomic mass is 16.6. The van der Waals surface area contributed by atoms with Gasteiger partial charge in [0.15, 0.2) is 5.76 Å². The zero-order valence-electron chi connectivity index (χ0n) is 24.5. The second-order valence-corrected chi connectivity index (χ2v) is 10.7. The minimum Gasteiger partial charge on any atom is -0.490 e. The average molecular weight is 539 g/mol. The van der Waals surface area contributed by atoms with Crippen LogP contribution in [0.25, 0.3) is 0 Å². The maximum absolute atomic E-state index is 12.8. The maximum Gasteiger partial charge on any atom is 0.373 e. The van der Waals surface area contributed by atoms with Crippen molar-refractivity contribution in [2.24, 2.45) is 17.3 Å². The van der Waals surface area contributed by atoms with Crippen molar-refractivity contribution in [3.8, 4) is 0 Å². The van der Waals surface area contributed by atoms with Gasteiger partial charge in [-0.2, -0.15) is 0 Å². The molecule has 0 aromatic rings. The van der Waals surface area contributed by atoms with E-state index in [-0.39, 0.29) is 29.6 Å². The van der Waals surface area contributed by atoms with Crippen LogP contribution >= 0.6 is 0 Å². The van der Waals surface area contributed by atoms with Crippen molar-refractivity contribution in [1.29, 1.82) is 0 Å². The topological polar surface area (TPSA) is 93.7 Å². The van der Waals surface area contributed by atoms with Crippen LogP contribution in [0.15, 0.2) is 84.9 Å². The van der Waals surface area contributed by atoms with Gasteiger partial charge in [-0.1, -0.05) is 81.9 Å². The lowest BCUT2D eigenvalue weighted by atomic mass is 9.86.